The van der Waals surface area contributed by atoms with Crippen molar-refractivity contribution in [3.05, 3.63) is 34.3 Å². The molecule has 1 aromatic rings. The minimum Gasteiger partial charge on any atom is -0.352 e. The van der Waals surface area contributed by atoms with Crippen molar-refractivity contribution in [2.75, 3.05) is 6.54 Å². The van der Waals surface area contributed by atoms with Crippen molar-refractivity contribution >= 4 is 33.4 Å². The van der Waals surface area contributed by atoms with Gasteiger partial charge in [-0.05, 0) is 43.0 Å². The zero-order valence-corrected chi connectivity index (χ0v) is 11.8. The normalized spacial score (nSPS) is 23.6. The van der Waals surface area contributed by atoms with Gasteiger partial charge in [0.25, 0.3) is 5.91 Å². The van der Waals surface area contributed by atoms with Crippen molar-refractivity contribution in [2.45, 2.75) is 24.6 Å². The van der Waals surface area contributed by atoms with Crippen molar-refractivity contribution in [1.29, 1.82) is 0 Å². The number of benzene rings is 1. The van der Waals surface area contributed by atoms with Gasteiger partial charge in [-0.25, -0.2) is 0 Å². The largest absolute Gasteiger partial charge is 0.352 e. The first-order valence-corrected chi connectivity index (χ1v) is 7.07. The smallest absolute Gasteiger partial charge is 0.251 e. The fourth-order valence-electron chi connectivity index (χ4n) is 2.15. The van der Waals surface area contributed by atoms with Gasteiger partial charge in [0.2, 0.25) is 0 Å². The first kappa shape index (κ1) is 12.9. The van der Waals surface area contributed by atoms with Crippen LogP contribution in [0.1, 0.15) is 29.6 Å². The fourth-order valence-corrected chi connectivity index (χ4v) is 2.78. The Morgan fingerprint density at radius 1 is 1.35 bits per heavy atom. The minimum absolute atomic E-state index is 0.0201. The third-order valence-corrected chi connectivity index (χ3v) is 4.30. The average Bonchev–Trinajstić information content (AvgIpc) is 2.73. The fraction of sp³-hybridized carbons (Fsp3) is 0.462. The molecule has 1 fully saturated rings. The monoisotopic (exact) mass is 315 g/mol. The van der Waals surface area contributed by atoms with Gasteiger partial charge in [0.05, 0.1) is 0 Å². The molecule has 4 heteroatoms. The highest BCUT2D eigenvalue weighted by molar-refractivity contribution is 9.10. The second-order valence-electron chi connectivity index (χ2n) is 4.42. The highest BCUT2D eigenvalue weighted by atomic mass is 79.9. The number of carbonyl (C=O) groups excluding carboxylic acids is 1. The molecule has 0 spiro atoms. The molecule has 1 aliphatic carbocycles. The summed E-state index contributed by atoms with van der Waals surface area (Å²) in [4.78, 5) is 11.8. The lowest BCUT2D eigenvalue weighted by Crippen LogP contribution is -2.31. The number of alkyl halides is 1. The molecule has 1 aromatic carbocycles. The van der Waals surface area contributed by atoms with Crippen LogP contribution < -0.4 is 5.32 Å². The van der Waals surface area contributed by atoms with E-state index in [1.54, 1.807) is 0 Å². The van der Waals surface area contributed by atoms with Crippen LogP contribution in [0.25, 0.3) is 0 Å². The average molecular weight is 317 g/mol. The number of hydrogen-bond donors (Lipinski definition) is 1. The second-order valence-corrected chi connectivity index (χ2v) is 5.90. The van der Waals surface area contributed by atoms with Crippen molar-refractivity contribution < 1.29 is 4.79 Å². The van der Waals surface area contributed by atoms with E-state index >= 15 is 0 Å². The summed E-state index contributed by atoms with van der Waals surface area (Å²) in [5, 5.41) is 3.17. The summed E-state index contributed by atoms with van der Waals surface area (Å²) in [6, 6.07) is 7.36. The first-order chi connectivity index (χ1) is 8.16. The molecule has 0 bridgehead atoms. The molecule has 0 saturated heterocycles. The van der Waals surface area contributed by atoms with Crippen LogP contribution in [-0.2, 0) is 0 Å². The molecular formula is C13H15BrClNO. The molecule has 1 amide bonds. The molecule has 2 nitrogen and oxygen atoms in total. The van der Waals surface area contributed by atoms with Crippen molar-refractivity contribution in [3.8, 4) is 0 Å². The number of carbonyl (C=O) groups is 1. The number of nitrogens with one attached hydrogen (secondary N) is 1. The van der Waals surface area contributed by atoms with Gasteiger partial charge in [0.1, 0.15) is 0 Å². The Hall–Kier alpha value is -0.540. The first-order valence-electron chi connectivity index (χ1n) is 5.84. The third kappa shape index (κ3) is 3.46. The molecule has 2 rings (SSSR count). The predicted octanol–water partition coefficient (Wildman–Crippen LogP) is 3.59. The van der Waals surface area contributed by atoms with Crippen LogP contribution >= 0.6 is 27.5 Å². The second kappa shape index (κ2) is 5.87. The van der Waals surface area contributed by atoms with E-state index in [9.17, 15) is 4.79 Å². The molecule has 0 heterocycles. The maximum atomic E-state index is 11.8. The molecule has 17 heavy (non-hydrogen) atoms. The number of halogens is 2. The molecule has 2 atom stereocenters. The summed E-state index contributed by atoms with van der Waals surface area (Å²) < 4.78 is 0.977. The van der Waals surface area contributed by atoms with Gasteiger partial charge in [-0.3, -0.25) is 4.79 Å². The van der Waals surface area contributed by atoms with E-state index in [-0.39, 0.29) is 11.3 Å². The Labute approximate surface area is 115 Å². The summed E-state index contributed by atoms with van der Waals surface area (Å²) in [5.41, 5.74) is 0.692. The standard InChI is InChI=1S/C13H15BrClNO/c14-11-6-4-9(5-7-11)13(17)16-8-10-2-1-3-12(10)15/h4-7,10,12H,1-3,8H2,(H,16,17). The molecular weight excluding hydrogens is 302 g/mol. The lowest BCUT2D eigenvalue weighted by Gasteiger charge is -2.14. The van der Waals surface area contributed by atoms with Gasteiger partial charge in [-0.15, -0.1) is 11.6 Å². The van der Waals surface area contributed by atoms with Crippen LogP contribution in [0.5, 0.6) is 0 Å². The van der Waals surface area contributed by atoms with Gasteiger partial charge in [0, 0.05) is 22.0 Å². The van der Waals surface area contributed by atoms with E-state index < -0.39 is 0 Å². The van der Waals surface area contributed by atoms with Crippen LogP contribution in [0.2, 0.25) is 0 Å². The van der Waals surface area contributed by atoms with Gasteiger partial charge >= 0.3 is 0 Å². The number of amides is 1. The quantitative estimate of drug-likeness (QED) is 0.848. The molecule has 0 radical (unpaired) electrons. The molecule has 2 unspecified atom stereocenters. The zero-order valence-electron chi connectivity index (χ0n) is 9.46. The van der Waals surface area contributed by atoms with Gasteiger partial charge in [-0.2, -0.15) is 0 Å². The van der Waals surface area contributed by atoms with Gasteiger partial charge in [-0.1, -0.05) is 22.4 Å². The van der Waals surface area contributed by atoms with E-state index in [0.29, 0.717) is 18.0 Å². The molecule has 0 aromatic heterocycles. The molecule has 0 aliphatic heterocycles. The molecule has 92 valence electrons. The summed E-state index contributed by atoms with van der Waals surface area (Å²) in [6.07, 6.45) is 3.36. The van der Waals surface area contributed by atoms with Crippen molar-refractivity contribution in [3.63, 3.8) is 0 Å². The predicted molar refractivity (Wildman–Crippen MR) is 73.5 cm³/mol. The van der Waals surface area contributed by atoms with Crippen molar-refractivity contribution in [1.82, 2.24) is 5.32 Å². The topological polar surface area (TPSA) is 29.1 Å². The molecule has 1 saturated carbocycles. The SMILES string of the molecule is O=C(NCC1CCCC1Cl)c1ccc(Br)cc1. The minimum atomic E-state index is -0.0201. The summed E-state index contributed by atoms with van der Waals surface area (Å²) in [5.74, 6) is 0.407. The van der Waals surface area contributed by atoms with E-state index in [2.05, 4.69) is 21.2 Å². The van der Waals surface area contributed by atoms with E-state index in [0.717, 1.165) is 17.3 Å². The van der Waals surface area contributed by atoms with Crippen LogP contribution in [0.4, 0.5) is 0 Å². The maximum Gasteiger partial charge on any atom is 0.251 e. The van der Waals surface area contributed by atoms with E-state index in [4.69, 9.17) is 11.6 Å². The van der Waals surface area contributed by atoms with Crippen LogP contribution in [0, 0.1) is 5.92 Å². The Kier molecular flexibility index (Phi) is 4.46. The molecule has 1 N–H and O–H groups in total. The summed E-state index contributed by atoms with van der Waals surface area (Å²) in [7, 11) is 0. The Balaban J connectivity index is 1.87. The van der Waals surface area contributed by atoms with Gasteiger partial charge in [0.15, 0.2) is 0 Å². The van der Waals surface area contributed by atoms with Crippen molar-refractivity contribution in [2.24, 2.45) is 5.92 Å². The van der Waals surface area contributed by atoms with Gasteiger partial charge < -0.3 is 5.32 Å². The lowest BCUT2D eigenvalue weighted by atomic mass is 10.1. The summed E-state index contributed by atoms with van der Waals surface area (Å²) in [6.45, 7) is 0.684. The third-order valence-electron chi connectivity index (χ3n) is 3.20. The Bertz CT molecular complexity index is 393. The van der Waals surface area contributed by atoms with E-state index in [1.165, 1.54) is 6.42 Å². The van der Waals surface area contributed by atoms with Crippen LogP contribution in [-0.4, -0.2) is 17.8 Å². The highest BCUT2D eigenvalue weighted by Crippen LogP contribution is 2.29. The Morgan fingerprint density at radius 2 is 2.06 bits per heavy atom. The summed E-state index contributed by atoms with van der Waals surface area (Å²) >= 11 is 9.52. The zero-order chi connectivity index (χ0) is 12.3. The van der Waals surface area contributed by atoms with E-state index in [1.807, 2.05) is 24.3 Å². The lowest BCUT2D eigenvalue weighted by molar-refractivity contribution is 0.0947. The number of hydrogen-bond acceptors (Lipinski definition) is 1. The van der Waals surface area contributed by atoms with Crippen LogP contribution in [0.15, 0.2) is 28.7 Å². The molecule has 1 aliphatic rings. The Morgan fingerprint density at radius 3 is 2.65 bits per heavy atom. The highest BCUT2D eigenvalue weighted by Gasteiger charge is 2.25. The maximum absolute atomic E-state index is 11.8. The number of rotatable bonds is 3. The van der Waals surface area contributed by atoms with Crippen LogP contribution in [0.3, 0.4) is 0 Å².